The highest BCUT2D eigenvalue weighted by Gasteiger charge is 2.14. The highest BCUT2D eigenvalue weighted by molar-refractivity contribution is 5.80. The zero-order chi connectivity index (χ0) is 19.9. The Hall–Kier alpha value is -2.50. The molecule has 2 heterocycles. The molecule has 152 valence electrons. The maximum Gasteiger partial charge on any atom is 0.191 e. The molecule has 6 nitrogen and oxygen atoms in total. The summed E-state index contributed by atoms with van der Waals surface area (Å²) in [6.07, 6.45) is 3.60. The van der Waals surface area contributed by atoms with E-state index >= 15 is 0 Å². The summed E-state index contributed by atoms with van der Waals surface area (Å²) in [6, 6.07) is 11.2. The standard InChI is InChI=1S/C22H34N6/c1-17-15-18(2)28(26-17)14-8-11-24-22(23-4)25-19(3)20-9-7-10-21(16-20)27-12-5-6-13-27/h7,9-10,15-16,19H,5-6,8,11-14H2,1-4H3,(H2,23,24,25). The fraction of sp³-hybridized carbons (Fsp3) is 0.545. The van der Waals surface area contributed by atoms with Gasteiger partial charge in [-0.25, -0.2) is 0 Å². The second-order valence-corrected chi connectivity index (χ2v) is 7.66. The number of aromatic nitrogens is 2. The van der Waals surface area contributed by atoms with Gasteiger partial charge in [-0.15, -0.1) is 0 Å². The first kappa shape index (κ1) is 20.2. The van der Waals surface area contributed by atoms with E-state index in [0.29, 0.717) is 0 Å². The number of aryl methyl sites for hydroxylation is 3. The van der Waals surface area contributed by atoms with Gasteiger partial charge >= 0.3 is 0 Å². The molecule has 0 radical (unpaired) electrons. The van der Waals surface area contributed by atoms with Crippen molar-refractivity contribution in [3.63, 3.8) is 0 Å². The number of aliphatic imine (C=N–C) groups is 1. The second-order valence-electron chi connectivity index (χ2n) is 7.66. The van der Waals surface area contributed by atoms with Gasteiger partial charge in [0.05, 0.1) is 11.7 Å². The first-order chi connectivity index (χ1) is 13.6. The predicted octanol–water partition coefficient (Wildman–Crippen LogP) is 3.42. The highest BCUT2D eigenvalue weighted by atomic mass is 15.3. The summed E-state index contributed by atoms with van der Waals surface area (Å²) < 4.78 is 2.07. The van der Waals surface area contributed by atoms with Gasteiger partial charge in [-0.05, 0) is 63.8 Å². The van der Waals surface area contributed by atoms with Crippen LogP contribution in [0.2, 0.25) is 0 Å². The molecule has 1 aromatic heterocycles. The van der Waals surface area contributed by atoms with Crippen LogP contribution in [-0.4, -0.2) is 42.4 Å². The van der Waals surface area contributed by atoms with Crippen molar-refractivity contribution in [3.8, 4) is 0 Å². The molecule has 1 unspecified atom stereocenters. The molecule has 1 atom stereocenters. The molecule has 1 fully saturated rings. The number of rotatable bonds is 7. The molecular formula is C22H34N6. The minimum absolute atomic E-state index is 0.199. The number of benzene rings is 1. The van der Waals surface area contributed by atoms with Crippen LogP contribution in [0, 0.1) is 13.8 Å². The summed E-state index contributed by atoms with van der Waals surface area (Å²) in [6.45, 7) is 10.4. The Kier molecular flexibility index (Phi) is 6.95. The Bertz CT molecular complexity index is 788. The predicted molar refractivity (Wildman–Crippen MR) is 117 cm³/mol. The Morgan fingerprint density at radius 1 is 1.21 bits per heavy atom. The van der Waals surface area contributed by atoms with E-state index in [1.165, 1.54) is 42.9 Å². The summed E-state index contributed by atoms with van der Waals surface area (Å²) in [7, 11) is 1.82. The average molecular weight is 383 g/mol. The van der Waals surface area contributed by atoms with Crippen molar-refractivity contribution in [1.82, 2.24) is 20.4 Å². The van der Waals surface area contributed by atoms with Crippen molar-refractivity contribution in [2.45, 2.75) is 52.6 Å². The number of guanidine groups is 1. The molecule has 1 saturated heterocycles. The molecule has 0 bridgehead atoms. The summed E-state index contributed by atoms with van der Waals surface area (Å²) >= 11 is 0. The largest absolute Gasteiger partial charge is 0.372 e. The van der Waals surface area contributed by atoms with E-state index in [9.17, 15) is 0 Å². The van der Waals surface area contributed by atoms with Crippen molar-refractivity contribution in [2.24, 2.45) is 4.99 Å². The Morgan fingerprint density at radius 2 is 2.00 bits per heavy atom. The third-order valence-electron chi connectivity index (χ3n) is 5.36. The SMILES string of the molecule is CN=C(NCCCn1nc(C)cc1C)NC(C)c1cccc(N2CCCC2)c1. The van der Waals surface area contributed by atoms with Crippen molar-refractivity contribution < 1.29 is 0 Å². The van der Waals surface area contributed by atoms with Gasteiger partial charge in [-0.3, -0.25) is 9.67 Å². The lowest BCUT2D eigenvalue weighted by atomic mass is 10.1. The molecule has 2 aromatic rings. The summed E-state index contributed by atoms with van der Waals surface area (Å²) in [4.78, 5) is 6.86. The number of hydrogen-bond donors (Lipinski definition) is 2. The normalized spacial score (nSPS) is 15.7. The van der Waals surface area contributed by atoms with Crippen LogP contribution < -0.4 is 15.5 Å². The van der Waals surface area contributed by atoms with Crippen LogP contribution in [0.4, 0.5) is 5.69 Å². The van der Waals surface area contributed by atoms with Gasteiger partial charge in [0, 0.05) is 44.6 Å². The van der Waals surface area contributed by atoms with Crippen LogP contribution in [0.25, 0.3) is 0 Å². The van der Waals surface area contributed by atoms with Crippen molar-refractivity contribution in [1.29, 1.82) is 0 Å². The van der Waals surface area contributed by atoms with Gasteiger partial charge in [0.15, 0.2) is 5.96 Å². The van der Waals surface area contributed by atoms with Gasteiger partial charge in [0.1, 0.15) is 0 Å². The maximum absolute atomic E-state index is 4.51. The first-order valence-electron chi connectivity index (χ1n) is 10.4. The van der Waals surface area contributed by atoms with Crippen LogP contribution in [0.1, 0.15) is 49.2 Å². The maximum atomic E-state index is 4.51. The zero-order valence-corrected chi connectivity index (χ0v) is 17.7. The molecule has 0 aliphatic carbocycles. The van der Waals surface area contributed by atoms with Crippen LogP contribution >= 0.6 is 0 Å². The van der Waals surface area contributed by atoms with Crippen LogP contribution in [0.5, 0.6) is 0 Å². The lowest BCUT2D eigenvalue weighted by Gasteiger charge is -2.22. The van der Waals surface area contributed by atoms with Crippen molar-refractivity contribution >= 4 is 11.6 Å². The highest BCUT2D eigenvalue weighted by Crippen LogP contribution is 2.23. The van der Waals surface area contributed by atoms with E-state index in [1.54, 1.807) is 0 Å². The molecule has 1 aliphatic heterocycles. The van der Waals surface area contributed by atoms with Crippen molar-refractivity contribution in [2.75, 3.05) is 31.6 Å². The topological polar surface area (TPSA) is 57.5 Å². The fourth-order valence-electron chi connectivity index (χ4n) is 3.79. The lowest BCUT2D eigenvalue weighted by molar-refractivity contribution is 0.553. The van der Waals surface area contributed by atoms with Crippen LogP contribution in [0.15, 0.2) is 35.3 Å². The van der Waals surface area contributed by atoms with Crippen molar-refractivity contribution in [3.05, 3.63) is 47.3 Å². The molecule has 6 heteroatoms. The van der Waals surface area contributed by atoms with E-state index in [1.807, 2.05) is 14.0 Å². The molecule has 0 spiro atoms. The first-order valence-corrected chi connectivity index (χ1v) is 10.4. The lowest BCUT2D eigenvalue weighted by Crippen LogP contribution is -2.39. The number of nitrogens with zero attached hydrogens (tertiary/aromatic N) is 4. The molecule has 2 N–H and O–H groups in total. The van der Waals surface area contributed by atoms with Gasteiger partial charge in [-0.1, -0.05) is 12.1 Å². The Balaban J connectivity index is 1.48. The quantitative estimate of drug-likeness (QED) is 0.438. The molecule has 3 rings (SSSR count). The number of nitrogens with one attached hydrogen (secondary N) is 2. The number of hydrogen-bond acceptors (Lipinski definition) is 3. The van der Waals surface area contributed by atoms with Gasteiger partial charge in [0.25, 0.3) is 0 Å². The van der Waals surface area contributed by atoms with E-state index in [-0.39, 0.29) is 6.04 Å². The van der Waals surface area contributed by atoms with E-state index in [2.05, 4.69) is 74.5 Å². The van der Waals surface area contributed by atoms with Crippen LogP contribution in [0.3, 0.4) is 0 Å². The summed E-state index contributed by atoms with van der Waals surface area (Å²) in [5.41, 5.74) is 4.91. The minimum atomic E-state index is 0.199. The van der Waals surface area contributed by atoms with E-state index in [4.69, 9.17) is 0 Å². The number of anilines is 1. The van der Waals surface area contributed by atoms with E-state index in [0.717, 1.165) is 31.2 Å². The van der Waals surface area contributed by atoms with Gasteiger partial charge in [-0.2, -0.15) is 5.10 Å². The third kappa shape index (κ3) is 5.27. The smallest absolute Gasteiger partial charge is 0.191 e. The average Bonchev–Trinajstić information content (AvgIpc) is 3.34. The molecule has 0 saturated carbocycles. The fourth-order valence-corrected chi connectivity index (χ4v) is 3.79. The molecular weight excluding hydrogens is 348 g/mol. The van der Waals surface area contributed by atoms with Gasteiger partial charge < -0.3 is 15.5 Å². The Morgan fingerprint density at radius 3 is 2.68 bits per heavy atom. The van der Waals surface area contributed by atoms with Crippen LogP contribution in [-0.2, 0) is 6.54 Å². The van der Waals surface area contributed by atoms with Gasteiger partial charge in [0.2, 0.25) is 0 Å². The Labute approximate surface area is 169 Å². The third-order valence-corrected chi connectivity index (χ3v) is 5.36. The summed E-state index contributed by atoms with van der Waals surface area (Å²) in [5, 5.41) is 11.5. The second kappa shape index (κ2) is 9.62. The van der Waals surface area contributed by atoms with E-state index < -0.39 is 0 Å². The zero-order valence-electron chi connectivity index (χ0n) is 17.7. The summed E-state index contributed by atoms with van der Waals surface area (Å²) in [5.74, 6) is 0.840. The molecule has 28 heavy (non-hydrogen) atoms. The minimum Gasteiger partial charge on any atom is -0.372 e. The molecule has 0 amide bonds. The molecule has 1 aromatic carbocycles. The molecule has 1 aliphatic rings. The monoisotopic (exact) mass is 382 g/mol.